The first kappa shape index (κ1) is 10.5. The van der Waals surface area contributed by atoms with E-state index in [1.807, 2.05) is 19.1 Å². The van der Waals surface area contributed by atoms with Gasteiger partial charge in [-0.15, -0.1) is 6.58 Å². The summed E-state index contributed by atoms with van der Waals surface area (Å²) in [5.74, 6) is -0.555. The van der Waals surface area contributed by atoms with E-state index in [0.29, 0.717) is 12.8 Å². The third-order valence-electron chi connectivity index (χ3n) is 2.35. The first-order chi connectivity index (χ1) is 6.67. The van der Waals surface area contributed by atoms with Crippen molar-refractivity contribution >= 4 is 11.8 Å². The van der Waals surface area contributed by atoms with Crippen LogP contribution in [0.1, 0.15) is 19.8 Å². The summed E-state index contributed by atoms with van der Waals surface area (Å²) in [5.41, 5.74) is 3.68. The molecule has 2 N–H and O–H groups in total. The number of allylic oxidation sites excluding steroid dienone is 3. The highest BCUT2D eigenvalue weighted by molar-refractivity contribution is 6.10. The minimum Gasteiger partial charge on any atom is -0.272 e. The zero-order chi connectivity index (χ0) is 10.6. The maximum absolute atomic E-state index is 11.5. The van der Waals surface area contributed by atoms with Crippen molar-refractivity contribution in [3.8, 4) is 0 Å². The molecule has 0 aromatic heterocycles. The van der Waals surface area contributed by atoms with E-state index in [1.54, 1.807) is 6.08 Å². The van der Waals surface area contributed by atoms with Crippen LogP contribution in [0.25, 0.3) is 0 Å². The normalized spacial score (nSPS) is 19.5. The van der Waals surface area contributed by atoms with Gasteiger partial charge < -0.3 is 0 Å². The minimum absolute atomic E-state index is 0.277. The fourth-order valence-corrected chi connectivity index (χ4v) is 1.48. The second-order valence-corrected chi connectivity index (χ2v) is 3.26. The molecular weight excluding hydrogens is 180 g/mol. The van der Waals surface area contributed by atoms with Crippen molar-refractivity contribution in [3.05, 3.63) is 24.8 Å². The van der Waals surface area contributed by atoms with Gasteiger partial charge in [0.25, 0.3) is 11.8 Å². The van der Waals surface area contributed by atoms with E-state index in [2.05, 4.69) is 17.4 Å². The third-order valence-corrected chi connectivity index (χ3v) is 2.35. The Labute approximate surface area is 83.0 Å². The molecule has 76 valence electrons. The van der Waals surface area contributed by atoms with Crippen molar-refractivity contribution in [2.45, 2.75) is 19.8 Å². The lowest BCUT2D eigenvalue weighted by atomic mass is 9.80. The molecule has 1 saturated heterocycles. The van der Waals surface area contributed by atoms with Crippen molar-refractivity contribution in [1.29, 1.82) is 0 Å². The van der Waals surface area contributed by atoms with Crippen molar-refractivity contribution in [1.82, 2.24) is 10.9 Å². The molecule has 0 unspecified atom stereocenters. The van der Waals surface area contributed by atoms with E-state index >= 15 is 0 Å². The van der Waals surface area contributed by atoms with Gasteiger partial charge in [0.2, 0.25) is 0 Å². The molecule has 1 rings (SSSR count). The van der Waals surface area contributed by atoms with Gasteiger partial charge in [0, 0.05) is 0 Å². The summed E-state index contributed by atoms with van der Waals surface area (Å²) in [6, 6.07) is 0. The smallest absolute Gasteiger partial charge is 0.254 e. The molecule has 1 heterocycles. The predicted molar refractivity (Wildman–Crippen MR) is 53.0 cm³/mol. The Kier molecular flexibility index (Phi) is 3.06. The van der Waals surface area contributed by atoms with Crippen LogP contribution in [0.3, 0.4) is 0 Å². The fraction of sp³-hybridized carbons (Fsp3) is 0.400. The Balaban J connectivity index is 2.94. The SMILES string of the molecule is C=CCC1(C/C=C/C)C(=O)NNC1=O. The van der Waals surface area contributed by atoms with Gasteiger partial charge in [-0.3, -0.25) is 20.4 Å². The van der Waals surface area contributed by atoms with Crippen LogP contribution in [0.4, 0.5) is 0 Å². The van der Waals surface area contributed by atoms with Gasteiger partial charge in [-0.2, -0.15) is 0 Å². The summed E-state index contributed by atoms with van der Waals surface area (Å²) in [5, 5.41) is 0. The summed E-state index contributed by atoms with van der Waals surface area (Å²) < 4.78 is 0. The Morgan fingerprint density at radius 2 is 1.86 bits per heavy atom. The zero-order valence-corrected chi connectivity index (χ0v) is 8.17. The van der Waals surface area contributed by atoms with Gasteiger partial charge in [0.15, 0.2) is 0 Å². The fourth-order valence-electron chi connectivity index (χ4n) is 1.48. The molecule has 1 aliphatic heterocycles. The number of amides is 2. The van der Waals surface area contributed by atoms with Crippen LogP contribution in [0.2, 0.25) is 0 Å². The van der Waals surface area contributed by atoms with Gasteiger partial charge in [0.1, 0.15) is 5.41 Å². The molecule has 14 heavy (non-hydrogen) atoms. The maximum Gasteiger partial charge on any atom is 0.254 e. The highest BCUT2D eigenvalue weighted by Gasteiger charge is 2.48. The molecular formula is C10H14N2O2. The first-order valence-corrected chi connectivity index (χ1v) is 4.50. The summed E-state index contributed by atoms with van der Waals surface area (Å²) in [7, 11) is 0. The van der Waals surface area contributed by atoms with Gasteiger partial charge in [-0.1, -0.05) is 18.2 Å². The number of rotatable bonds is 4. The molecule has 4 nitrogen and oxygen atoms in total. The highest BCUT2D eigenvalue weighted by Crippen LogP contribution is 2.31. The summed E-state index contributed by atoms with van der Waals surface area (Å²) in [4.78, 5) is 23.1. The monoisotopic (exact) mass is 194 g/mol. The van der Waals surface area contributed by atoms with Crippen LogP contribution < -0.4 is 10.9 Å². The molecule has 0 aromatic rings. The molecule has 0 radical (unpaired) electrons. The summed E-state index contributed by atoms with van der Waals surface area (Å²) >= 11 is 0. The summed E-state index contributed by atoms with van der Waals surface area (Å²) in [6.45, 7) is 5.42. The number of carbonyl (C=O) groups excluding carboxylic acids is 2. The molecule has 0 bridgehead atoms. The number of hydrazine groups is 1. The number of carbonyl (C=O) groups is 2. The van der Waals surface area contributed by atoms with Gasteiger partial charge in [0.05, 0.1) is 0 Å². The van der Waals surface area contributed by atoms with Crippen LogP contribution >= 0.6 is 0 Å². The van der Waals surface area contributed by atoms with Gasteiger partial charge >= 0.3 is 0 Å². The maximum atomic E-state index is 11.5. The molecule has 1 aliphatic rings. The highest BCUT2D eigenvalue weighted by atomic mass is 16.2. The van der Waals surface area contributed by atoms with Crippen molar-refractivity contribution in [3.63, 3.8) is 0 Å². The molecule has 0 atom stereocenters. The molecule has 1 fully saturated rings. The molecule has 4 heteroatoms. The van der Waals surface area contributed by atoms with Gasteiger partial charge in [-0.25, -0.2) is 0 Å². The van der Waals surface area contributed by atoms with E-state index in [0.717, 1.165) is 0 Å². The lowest BCUT2D eigenvalue weighted by molar-refractivity contribution is -0.135. The molecule has 0 aliphatic carbocycles. The van der Waals surface area contributed by atoms with Crippen molar-refractivity contribution in [2.24, 2.45) is 5.41 Å². The van der Waals surface area contributed by atoms with Gasteiger partial charge in [-0.05, 0) is 19.8 Å². The van der Waals surface area contributed by atoms with E-state index in [1.165, 1.54) is 0 Å². The van der Waals surface area contributed by atoms with E-state index in [-0.39, 0.29) is 11.8 Å². The van der Waals surface area contributed by atoms with E-state index in [9.17, 15) is 9.59 Å². The van der Waals surface area contributed by atoms with Crippen molar-refractivity contribution in [2.75, 3.05) is 0 Å². The Bertz CT molecular complexity index is 278. The third kappa shape index (κ3) is 1.55. The average Bonchev–Trinajstić information content (AvgIpc) is 2.44. The number of hydrogen-bond acceptors (Lipinski definition) is 2. The van der Waals surface area contributed by atoms with Crippen LogP contribution in [0.15, 0.2) is 24.8 Å². The molecule has 0 spiro atoms. The first-order valence-electron chi connectivity index (χ1n) is 4.50. The number of nitrogens with one attached hydrogen (secondary N) is 2. The minimum atomic E-state index is -0.992. The van der Waals surface area contributed by atoms with Crippen LogP contribution in [0.5, 0.6) is 0 Å². The lowest BCUT2D eigenvalue weighted by Crippen LogP contribution is -2.34. The van der Waals surface area contributed by atoms with Crippen LogP contribution in [0, 0.1) is 5.41 Å². The topological polar surface area (TPSA) is 58.2 Å². The van der Waals surface area contributed by atoms with Crippen molar-refractivity contribution < 1.29 is 9.59 Å². The Morgan fingerprint density at radius 3 is 2.29 bits per heavy atom. The average molecular weight is 194 g/mol. The predicted octanol–water partition coefficient (Wildman–Crippen LogP) is 0.676. The van der Waals surface area contributed by atoms with E-state index in [4.69, 9.17) is 0 Å². The Hall–Kier alpha value is -1.58. The Morgan fingerprint density at radius 1 is 1.29 bits per heavy atom. The zero-order valence-electron chi connectivity index (χ0n) is 8.17. The molecule has 0 saturated carbocycles. The molecule has 2 amide bonds. The van der Waals surface area contributed by atoms with Crippen LogP contribution in [-0.4, -0.2) is 11.8 Å². The standard InChI is InChI=1S/C10H14N2O2/c1-3-5-7-10(6-4-2)8(13)11-12-9(10)14/h3-5H,2,6-7H2,1H3,(H,11,13)(H,12,14)/b5-3+. The second-order valence-electron chi connectivity index (χ2n) is 3.26. The lowest BCUT2D eigenvalue weighted by Gasteiger charge is -2.18. The largest absolute Gasteiger partial charge is 0.272 e. The van der Waals surface area contributed by atoms with Crippen LogP contribution in [-0.2, 0) is 9.59 Å². The molecule has 0 aromatic carbocycles. The quantitative estimate of drug-likeness (QED) is 0.510. The summed E-state index contributed by atoms with van der Waals surface area (Å²) in [6.07, 6.45) is 5.99. The second kappa shape index (κ2) is 4.09. The van der Waals surface area contributed by atoms with E-state index < -0.39 is 5.41 Å². The number of hydrogen-bond donors (Lipinski definition) is 2.